The summed E-state index contributed by atoms with van der Waals surface area (Å²) in [6, 6.07) is 14.8. The Morgan fingerprint density at radius 3 is 2.41 bits per heavy atom. The maximum absolute atomic E-state index is 12.6. The molecule has 6 nitrogen and oxygen atoms in total. The summed E-state index contributed by atoms with van der Waals surface area (Å²) < 4.78 is 29.0. The smallest absolute Gasteiger partial charge is 0.279 e. The van der Waals surface area contributed by atoms with E-state index in [-0.39, 0.29) is 10.8 Å². The van der Waals surface area contributed by atoms with Gasteiger partial charge in [0.15, 0.2) is 16.4 Å². The van der Waals surface area contributed by atoms with E-state index in [1.165, 1.54) is 11.0 Å². The van der Waals surface area contributed by atoms with Crippen molar-refractivity contribution in [2.75, 3.05) is 25.2 Å². The predicted molar refractivity (Wildman–Crippen MR) is 104 cm³/mol. The molecule has 1 amide bonds. The van der Waals surface area contributed by atoms with Crippen LogP contribution in [0.3, 0.4) is 0 Å². The van der Waals surface area contributed by atoms with Crippen LogP contribution in [0.4, 0.5) is 5.69 Å². The Kier molecular flexibility index (Phi) is 5.82. The number of carbonyl (C=O) groups excluding carboxylic acids is 1. The van der Waals surface area contributed by atoms with Crippen LogP contribution in [0.5, 0.6) is 5.75 Å². The van der Waals surface area contributed by atoms with Crippen molar-refractivity contribution in [3.8, 4) is 5.75 Å². The lowest BCUT2D eigenvalue weighted by atomic mass is 10.2. The fourth-order valence-corrected chi connectivity index (χ4v) is 3.99. The van der Waals surface area contributed by atoms with Gasteiger partial charge < -0.3 is 15.0 Å². The van der Waals surface area contributed by atoms with Gasteiger partial charge in [0, 0.05) is 24.7 Å². The zero-order chi connectivity index (χ0) is 19.4. The highest BCUT2D eigenvalue weighted by Crippen LogP contribution is 2.20. The Hall–Kier alpha value is -2.38. The summed E-state index contributed by atoms with van der Waals surface area (Å²) >= 11 is 0. The van der Waals surface area contributed by atoms with Crippen LogP contribution in [-0.2, 0) is 21.2 Å². The second kappa shape index (κ2) is 8.10. The summed E-state index contributed by atoms with van der Waals surface area (Å²) in [5, 5.41) is 2.78. The minimum Gasteiger partial charge on any atom is -0.497 e. The summed E-state index contributed by atoms with van der Waals surface area (Å²) in [7, 11) is -1.77. The topological polar surface area (TPSA) is 76.9 Å². The van der Waals surface area contributed by atoms with E-state index in [1.54, 1.807) is 25.3 Å². The normalized spacial score (nSPS) is 15.2. The van der Waals surface area contributed by atoms with Crippen LogP contribution in [0, 0.1) is 0 Å². The monoisotopic (exact) mass is 389 g/mol. The Morgan fingerprint density at radius 2 is 1.81 bits per heavy atom. The Labute approximate surface area is 160 Å². The average molecular weight is 389 g/mol. The first kappa shape index (κ1) is 19.4. The number of rotatable bonds is 8. The van der Waals surface area contributed by atoms with Gasteiger partial charge in [-0.2, -0.15) is 0 Å². The zero-order valence-electron chi connectivity index (χ0n) is 15.6. The number of carbonyl (C=O) groups is 1. The summed E-state index contributed by atoms with van der Waals surface area (Å²) in [6.07, 6.45) is 3.36. The molecule has 1 aliphatic rings. The van der Waals surface area contributed by atoms with Gasteiger partial charge in [-0.25, -0.2) is 8.42 Å². The van der Waals surface area contributed by atoms with Crippen LogP contribution in [0.1, 0.15) is 18.4 Å². The van der Waals surface area contributed by atoms with Crippen molar-refractivity contribution < 1.29 is 22.8 Å². The molecule has 1 saturated carbocycles. The predicted octanol–water partition coefficient (Wildman–Crippen LogP) is 1.28. The van der Waals surface area contributed by atoms with Crippen LogP contribution < -0.4 is 15.0 Å². The van der Waals surface area contributed by atoms with Gasteiger partial charge in [0.25, 0.3) is 5.91 Å². The third-order valence-electron chi connectivity index (χ3n) is 4.69. The van der Waals surface area contributed by atoms with Crippen molar-refractivity contribution in [2.45, 2.75) is 30.3 Å². The first-order valence-corrected chi connectivity index (χ1v) is 10.8. The summed E-state index contributed by atoms with van der Waals surface area (Å²) in [6.45, 7) is 1.05. The van der Waals surface area contributed by atoms with Crippen LogP contribution >= 0.6 is 0 Å². The van der Waals surface area contributed by atoms with E-state index in [1.807, 2.05) is 24.3 Å². The van der Waals surface area contributed by atoms with Gasteiger partial charge in [-0.15, -0.1) is 0 Å². The van der Waals surface area contributed by atoms with Crippen LogP contribution in [-0.4, -0.2) is 40.3 Å². The molecule has 0 saturated heterocycles. The molecular formula is C20H25N2O4S+. The Morgan fingerprint density at radius 1 is 1.15 bits per heavy atom. The number of hydrogen-bond donors (Lipinski definition) is 2. The fraction of sp³-hybridized carbons (Fsp3) is 0.350. The number of sulfone groups is 1. The maximum atomic E-state index is 12.6. The van der Waals surface area contributed by atoms with E-state index in [0.717, 1.165) is 37.0 Å². The summed E-state index contributed by atoms with van der Waals surface area (Å²) in [5.41, 5.74) is 1.48. The third kappa shape index (κ3) is 5.30. The molecule has 2 N–H and O–H groups in total. The van der Waals surface area contributed by atoms with Crippen molar-refractivity contribution >= 4 is 21.4 Å². The van der Waals surface area contributed by atoms with Gasteiger partial charge >= 0.3 is 0 Å². The largest absolute Gasteiger partial charge is 0.497 e. The van der Waals surface area contributed by atoms with Crippen molar-refractivity contribution in [2.24, 2.45) is 0 Å². The Bertz CT molecular complexity index is 906. The number of amides is 1. The molecule has 1 fully saturated rings. The second-order valence-corrected chi connectivity index (χ2v) is 8.93. The molecule has 2 aromatic rings. The number of hydrogen-bond acceptors (Lipinski definition) is 4. The highest BCUT2D eigenvalue weighted by Gasteiger charge is 2.34. The quantitative estimate of drug-likeness (QED) is 0.713. The highest BCUT2D eigenvalue weighted by molar-refractivity contribution is 7.90. The lowest BCUT2D eigenvalue weighted by Crippen LogP contribution is -3.13. The maximum Gasteiger partial charge on any atom is 0.279 e. The number of methoxy groups -OCH3 is 1. The molecule has 144 valence electrons. The van der Waals surface area contributed by atoms with Crippen molar-refractivity contribution in [1.29, 1.82) is 0 Å². The standard InChI is InChI=1S/C20H24N2O4S/c1-26-17-11-7-15(8-12-17)13-22(16-9-10-16)14-20(23)21-18-5-3-4-6-19(18)27(2,24)25/h3-8,11-12,16H,9-10,13-14H2,1-2H3,(H,21,23)/p+1. The number of para-hydroxylation sites is 1. The first-order chi connectivity index (χ1) is 12.9. The molecule has 27 heavy (non-hydrogen) atoms. The molecule has 0 bridgehead atoms. The van der Waals surface area contributed by atoms with Gasteiger partial charge in [0.2, 0.25) is 0 Å². The van der Waals surface area contributed by atoms with E-state index in [9.17, 15) is 13.2 Å². The van der Waals surface area contributed by atoms with Crippen molar-refractivity contribution in [3.05, 3.63) is 54.1 Å². The average Bonchev–Trinajstić information content (AvgIpc) is 3.46. The molecule has 0 aliphatic heterocycles. The number of benzene rings is 2. The minimum absolute atomic E-state index is 0.140. The minimum atomic E-state index is -3.40. The molecular weight excluding hydrogens is 364 g/mol. The number of anilines is 1. The van der Waals surface area contributed by atoms with E-state index < -0.39 is 9.84 Å². The zero-order valence-corrected chi connectivity index (χ0v) is 16.4. The Balaban J connectivity index is 1.68. The first-order valence-electron chi connectivity index (χ1n) is 8.93. The van der Waals surface area contributed by atoms with Crippen molar-refractivity contribution in [1.82, 2.24) is 0 Å². The van der Waals surface area contributed by atoms with Gasteiger partial charge in [-0.05, 0) is 36.4 Å². The van der Waals surface area contributed by atoms with E-state index in [2.05, 4.69) is 5.32 Å². The molecule has 0 heterocycles. The lowest BCUT2D eigenvalue weighted by Gasteiger charge is -2.19. The number of quaternary nitrogens is 1. The number of ether oxygens (including phenoxy) is 1. The lowest BCUT2D eigenvalue weighted by molar-refractivity contribution is -0.916. The molecule has 0 radical (unpaired) electrons. The molecule has 0 spiro atoms. The van der Waals surface area contributed by atoms with E-state index >= 15 is 0 Å². The molecule has 2 aromatic carbocycles. The van der Waals surface area contributed by atoms with Crippen molar-refractivity contribution in [3.63, 3.8) is 0 Å². The summed E-state index contributed by atoms with van der Waals surface area (Å²) in [4.78, 5) is 13.9. The van der Waals surface area contributed by atoms with Gasteiger partial charge in [0.1, 0.15) is 12.3 Å². The summed E-state index contributed by atoms with van der Waals surface area (Å²) in [5.74, 6) is 0.628. The molecule has 0 aromatic heterocycles. The van der Waals surface area contributed by atoms with Gasteiger partial charge in [-0.1, -0.05) is 12.1 Å². The molecule has 7 heteroatoms. The molecule has 1 unspecified atom stereocenters. The fourth-order valence-electron chi connectivity index (χ4n) is 3.14. The van der Waals surface area contributed by atoms with E-state index in [0.29, 0.717) is 18.3 Å². The molecule has 3 rings (SSSR count). The van der Waals surface area contributed by atoms with Crippen LogP contribution in [0.15, 0.2) is 53.4 Å². The molecule has 1 aliphatic carbocycles. The van der Waals surface area contributed by atoms with Crippen LogP contribution in [0.25, 0.3) is 0 Å². The SMILES string of the molecule is COc1ccc(C[NH+](CC(=O)Nc2ccccc2S(C)(=O)=O)C2CC2)cc1. The van der Waals surface area contributed by atoms with Crippen LogP contribution in [0.2, 0.25) is 0 Å². The second-order valence-electron chi connectivity index (χ2n) is 6.95. The highest BCUT2D eigenvalue weighted by atomic mass is 32.2. The number of nitrogens with one attached hydrogen (secondary N) is 2. The van der Waals surface area contributed by atoms with Gasteiger partial charge in [0.05, 0.1) is 23.7 Å². The van der Waals surface area contributed by atoms with E-state index in [4.69, 9.17) is 4.74 Å². The van der Waals surface area contributed by atoms with Gasteiger partial charge in [-0.3, -0.25) is 4.79 Å². The third-order valence-corrected chi connectivity index (χ3v) is 5.85. The molecule has 1 atom stereocenters.